The Balaban J connectivity index is 1.89. The third kappa shape index (κ3) is 7.00. The van der Waals surface area contributed by atoms with E-state index in [-0.39, 0.29) is 18.5 Å². The predicted molar refractivity (Wildman–Crippen MR) is 142 cm³/mol. The molecule has 1 aliphatic carbocycles. The first-order chi connectivity index (χ1) is 17.0. The molecule has 36 heavy (non-hydrogen) atoms. The summed E-state index contributed by atoms with van der Waals surface area (Å²) in [5.74, 6) is -0.00628. The van der Waals surface area contributed by atoms with Gasteiger partial charge in [0.25, 0.3) is 0 Å². The summed E-state index contributed by atoms with van der Waals surface area (Å²) in [6, 6.07) is 12.0. The molecule has 8 nitrogen and oxygen atoms in total. The Hall–Kier alpha value is -3.07. The molecule has 0 unspecified atom stereocenters. The van der Waals surface area contributed by atoms with Crippen molar-refractivity contribution in [2.24, 2.45) is 0 Å². The van der Waals surface area contributed by atoms with Crippen molar-refractivity contribution in [1.29, 1.82) is 0 Å². The molecule has 1 aliphatic rings. The average Bonchev–Trinajstić information content (AvgIpc) is 3.33. The fourth-order valence-corrected chi connectivity index (χ4v) is 5.49. The van der Waals surface area contributed by atoms with E-state index in [0.717, 1.165) is 52.9 Å². The lowest BCUT2D eigenvalue weighted by atomic mass is 10.1. The SMILES string of the molecule is COc1ccc(CN(C(=O)CN(c2ccc(C)cc2C)S(C)(=O)=O)[C@H](C)C(=O)NC2CCCC2)cc1. The van der Waals surface area contributed by atoms with Crippen LogP contribution in [0, 0.1) is 13.8 Å². The van der Waals surface area contributed by atoms with Crippen LogP contribution in [0.4, 0.5) is 5.69 Å². The Morgan fingerprint density at radius 1 is 1.08 bits per heavy atom. The number of rotatable bonds is 10. The average molecular weight is 516 g/mol. The number of carbonyl (C=O) groups excluding carboxylic acids is 2. The van der Waals surface area contributed by atoms with Crippen molar-refractivity contribution in [3.8, 4) is 5.75 Å². The molecule has 9 heteroatoms. The molecule has 0 heterocycles. The van der Waals surface area contributed by atoms with E-state index in [4.69, 9.17) is 4.74 Å². The minimum atomic E-state index is -3.76. The summed E-state index contributed by atoms with van der Waals surface area (Å²) in [5.41, 5.74) is 3.00. The van der Waals surface area contributed by atoms with E-state index in [1.807, 2.05) is 38.1 Å². The molecule has 3 rings (SSSR count). The number of nitrogens with zero attached hydrogens (tertiary/aromatic N) is 2. The molecule has 0 bridgehead atoms. The van der Waals surface area contributed by atoms with Crippen molar-refractivity contribution >= 4 is 27.5 Å². The van der Waals surface area contributed by atoms with Crippen LogP contribution >= 0.6 is 0 Å². The van der Waals surface area contributed by atoms with Crippen LogP contribution in [0.1, 0.15) is 49.3 Å². The van der Waals surface area contributed by atoms with Crippen LogP contribution in [0.3, 0.4) is 0 Å². The maximum atomic E-state index is 13.7. The van der Waals surface area contributed by atoms with Gasteiger partial charge in [0.15, 0.2) is 0 Å². The summed E-state index contributed by atoms with van der Waals surface area (Å²) >= 11 is 0. The molecule has 0 aliphatic heterocycles. The fourth-order valence-electron chi connectivity index (χ4n) is 4.58. The van der Waals surface area contributed by atoms with Gasteiger partial charge in [0.05, 0.1) is 19.1 Å². The number of aryl methyl sites for hydroxylation is 2. The molecule has 2 aromatic rings. The van der Waals surface area contributed by atoms with Gasteiger partial charge in [0, 0.05) is 12.6 Å². The Bertz CT molecular complexity index is 1170. The molecule has 1 atom stereocenters. The maximum absolute atomic E-state index is 13.7. The Morgan fingerprint density at radius 3 is 2.28 bits per heavy atom. The molecule has 2 amide bonds. The van der Waals surface area contributed by atoms with Gasteiger partial charge in [-0.2, -0.15) is 0 Å². The molecule has 0 spiro atoms. The van der Waals surface area contributed by atoms with Crippen LogP contribution in [-0.2, 0) is 26.2 Å². The van der Waals surface area contributed by atoms with Gasteiger partial charge in [-0.3, -0.25) is 13.9 Å². The lowest BCUT2D eigenvalue weighted by Crippen LogP contribution is -2.52. The molecule has 0 radical (unpaired) electrons. The quantitative estimate of drug-likeness (QED) is 0.522. The monoisotopic (exact) mass is 515 g/mol. The second-order valence-electron chi connectivity index (χ2n) is 9.60. The number of benzene rings is 2. The Morgan fingerprint density at radius 2 is 1.72 bits per heavy atom. The van der Waals surface area contributed by atoms with E-state index in [9.17, 15) is 18.0 Å². The largest absolute Gasteiger partial charge is 0.497 e. The number of ether oxygens (including phenoxy) is 1. The summed E-state index contributed by atoms with van der Waals surface area (Å²) in [6.45, 7) is 5.19. The van der Waals surface area contributed by atoms with E-state index in [0.29, 0.717) is 11.4 Å². The van der Waals surface area contributed by atoms with Gasteiger partial charge in [-0.25, -0.2) is 8.42 Å². The van der Waals surface area contributed by atoms with Gasteiger partial charge < -0.3 is 15.0 Å². The van der Waals surface area contributed by atoms with Crippen LogP contribution in [-0.4, -0.2) is 57.1 Å². The summed E-state index contributed by atoms with van der Waals surface area (Å²) in [4.78, 5) is 28.3. The summed E-state index contributed by atoms with van der Waals surface area (Å²) in [7, 11) is -2.18. The van der Waals surface area contributed by atoms with Gasteiger partial charge in [-0.05, 0) is 62.9 Å². The number of hydrogen-bond donors (Lipinski definition) is 1. The predicted octanol–water partition coefficient (Wildman–Crippen LogP) is 3.55. The standard InChI is InChI=1S/C27H37N3O5S/c1-19-10-15-25(20(2)16-19)30(36(5,33)34)18-26(31)29(17-22-11-13-24(35-4)14-12-22)21(3)27(32)28-23-8-6-7-9-23/h10-16,21,23H,6-9,17-18H2,1-5H3,(H,28,32)/t21-/m1/s1. The maximum Gasteiger partial charge on any atom is 0.244 e. The Kier molecular flexibility index (Phi) is 9.00. The third-order valence-corrected chi connectivity index (χ3v) is 7.81. The lowest BCUT2D eigenvalue weighted by Gasteiger charge is -2.32. The lowest BCUT2D eigenvalue weighted by molar-refractivity contribution is -0.139. The number of nitrogens with one attached hydrogen (secondary N) is 1. The van der Waals surface area contributed by atoms with Crippen molar-refractivity contribution in [2.75, 3.05) is 24.2 Å². The van der Waals surface area contributed by atoms with Crippen molar-refractivity contribution in [2.45, 2.75) is 65.1 Å². The fraction of sp³-hybridized carbons (Fsp3) is 0.481. The zero-order chi connectivity index (χ0) is 26.5. The summed E-state index contributed by atoms with van der Waals surface area (Å²) < 4.78 is 31.8. The van der Waals surface area contributed by atoms with Crippen LogP contribution in [0.5, 0.6) is 5.75 Å². The van der Waals surface area contributed by atoms with E-state index >= 15 is 0 Å². The molecule has 2 aromatic carbocycles. The highest BCUT2D eigenvalue weighted by molar-refractivity contribution is 7.92. The van der Waals surface area contributed by atoms with Gasteiger partial charge >= 0.3 is 0 Å². The van der Waals surface area contributed by atoms with Crippen molar-refractivity contribution in [1.82, 2.24) is 10.2 Å². The molecular weight excluding hydrogens is 478 g/mol. The van der Waals surface area contributed by atoms with Crippen molar-refractivity contribution in [3.63, 3.8) is 0 Å². The van der Waals surface area contributed by atoms with Crippen LogP contribution < -0.4 is 14.4 Å². The van der Waals surface area contributed by atoms with Gasteiger partial charge in [-0.1, -0.05) is 42.7 Å². The highest BCUT2D eigenvalue weighted by atomic mass is 32.2. The second kappa shape index (κ2) is 11.8. The van der Waals surface area contributed by atoms with Gasteiger partial charge in [0.2, 0.25) is 21.8 Å². The van der Waals surface area contributed by atoms with E-state index in [1.165, 1.54) is 4.90 Å². The molecule has 1 N–H and O–H groups in total. The van der Waals surface area contributed by atoms with E-state index in [2.05, 4.69) is 5.32 Å². The zero-order valence-corrected chi connectivity index (χ0v) is 22.6. The highest BCUT2D eigenvalue weighted by Gasteiger charge is 2.31. The number of methoxy groups -OCH3 is 1. The van der Waals surface area contributed by atoms with Crippen LogP contribution in [0.2, 0.25) is 0 Å². The van der Waals surface area contributed by atoms with E-state index < -0.39 is 28.5 Å². The van der Waals surface area contributed by atoms with E-state index in [1.54, 1.807) is 32.2 Å². The number of sulfonamides is 1. The normalized spacial score (nSPS) is 14.8. The molecular formula is C27H37N3O5S. The second-order valence-corrected chi connectivity index (χ2v) is 11.5. The van der Waals surface area contributed by atoms with Crippen molar-refractivity contribution in [3.05, 3.63) is 59.2 Å². The molecule has 196 valence electrons. The van der Waals surface area contributed by atoms with Gasteiger partial charge in [-0.15, -0.1) is 0 Å². The number of amides is 2. The minimum Gasteiger partial charge on any atom is -0.497 e. The molecule has 0 saturated heterocycles. The van der Waals surface area contributed by atoms with Crippen molar-refractivity contribution < 1.29 is 22.7 Å². The van der Waals surface area contributed by atoms with Crippen LogP contribution in [0.15, 0.2) is 42.5 Å². The highest BCUT2D eigenvalue weighted by Crippen LogP contribution is 2.25. The molecule has 0 aromatic heterocycles. The first-order valence-corrected chi connectivity index (χ1v) is 14.1. The minimum absolute atomic E-state index is 0.112. The summed E-state index contributed by atoms with van der Waals surface area (Å²) in [5, 5.41) is 3.06. The number of hydrogen-bond acceptors (Lipinski definition) is 5. The smallest absolute Gasteiger partial charge is 0.244 e. The first kappa shape index (κ1) is 27.5. The van der Waals surface area contributed by atoms with Gasteiger partial charge in [0.1, 0.15) is 18.3 Å². The molecule has 1 fully saturated rings. The Labute approximate surface area is 214 Å². The van der Waals surface area contributed by atoms with Crippen LogP contribution in [0.25, 0.3) is 0 Å². The number of anilines is 1. The summed E-state index contributed by atoms with van der Waals surface area (Å²) in [6.07, 6.45) is 5.10. The molecule has 1 saturated carbocycles. The third-order valence-electron chi connectivity index (χ3n) is 6.68. The topological polar surface area (TPSA) is 96.0 Å². The number of carbonyl (C=O) groups is 2. The zero-order valence-electron chi connectivity index (χ0n) is 21.8. The first-order valence-electron chi connectivity index (χ1n) is 12.3.